The predicted octanol–water partition coefficient (Wildman–Crippen LogP) is 3.48. The van der Waals surface area contributed by atoms with Gasteiger partial charge in [-0.3, -0.25) is 9.89 Å². The highest BCUT2D eigenvalue weighted by molar-refractivity contribution is 6.08. The monoisotopic (exact) mass is 324 g/mol. The summed E-state index contributed by atoms with van der Waals surface area (Å²) in [4.78, 5) is 12.4. The minimum Gasteiger partial charge on any atom is -0.322 e. The van der Waals surface area contributed by atoms with Gasteiger partial charge in [-0.1, -0.05) is 0 Å². The van der Waals surface area contributed by atoms with Crippen molar-refractivity contribution in [3.05, 3.63) is 71.4 Å². The summed E-state index contributed by atoms with van der Waals surface area (Å²) >= 11 is 0. The lowest BCUT2D eigenvalue weighted by atomic mass is 10.1. The van der Waals surface area contributed by atoms with Crippen LogP contribution in [-0.2, 0) is 0 Å². The van der Waals surface area contributed by atoms with Gasteiger partial charge in [0.25, 0.3) is 5.91 Å². The molecule has 2 aromatic carbocycles. The summed E-state index contributed by atoms with van der Waals surface area (Å²) in [7, 11) is 0. The van der Waals surface area contributed by atoms with Crippen LogP contribution in [0.4, 0.5) is 14.5 Å². The maximum atomic E-state index is 13.3. The fraction of sp³-hybridized carbons (Fsp3) is 0. The molecule has 3 rings (SSSR count). The summed E-state index contributed by atoms with van der Waals surface area (Å²) < 4.78 is 26.3. The van der Waals surface area contributed by atoms with Crippen LogP contribution >= 0.6 is 0 Å². The molecule has 0 fully saturated rings. The van der Waals surface area contributed by atoms with Gasteiger partial charge in [-0.05, 0) is 42.5 Å². The van der Waals surface area contributed by atoms with Crippen LogP contribution < -0.4 is 5.32 Å². The van der Waals surface area contributed by atoms with Crippen LogP contribution in [0.5, 0.6) is 0 Å². The predicted molar refractivity (Wildman–Crippen MR) is 83.0 cm³/mol. The van der Waals surface area contributed by atoms with Gasteiger partial charge < -0.3 is 5.32 Å². The number of amides is 1. The van der Waals surface area contributed by atoms with Crippen LogP contribution in [-0.4, -0.2) is 16.1 Å². The number of H-pyrrole nitrogens is 1. The van der Waals surface area contributed by atoms with Gasteiger partial charge in [0.2, 0.25) is 0 Å². The number of rotatable bonds is 3. The molecule has 0 radical (unpaired) electrons. The van der Waals surface area contributed by atoms with Crippen molar-refractivity contribution in [3.63, 3.8) is 0 Å². The fourth-order valence-corrected chi connectivity index (χ4v) is 2.18. The van der Waals surface area contributed by atoms with Crippen LogP contribution in [0.1, 0.15) is 15.9 Å². The van der Waals surface area contributed by atoms with Gasteiger partial charge in [0.05, 0.1) is 23.0 Å². The first-order valence-electron chi connectivity index (χ1n) is 6.89. The van der Waals surface area contributed by atoms with Crippen molar-refractivity contribution in [1.29, 1.82) is 5.26 Å². The van der Waals surface area contributed by atoms with E-state index in [0.717, 1.165) is 6.07 Å². The summed E-state index contributed by atoms with van der Waals surface area (Å²) in [6.07, 6.45) is 1.34. The molecule has 0 saturated heterocycles. The molecule has 1 heterocycles. The zero-order valence-electron chi connectivity index (χ0n) is 12.2. The average Bonchev–Trinajstić information content (AvgIpc) is 3.07. The normalized spacial score (nSPS) is 10.2. The van der Waals surface area contributed by atoms with Crippen LogP contribution in [0.25, 0.3) is 11.3 Å². The molecule has 7 heteroatoms. The van der Waals surface area contributed by atoms with Crippen molar-refractivity contribution in [1.82, 2.24) is 10.2 Å². The third-order valence-corrected chi connectivity index (χ3v) is 3.36. The van der Waals surface area contributed by atoms with E-state index >= 15 is 0 Å². The van der Waals surface area contributed by atoms with Crippen molar-refractivity contribution in [2.24, 2.45) is 0 Å². The average molecular weight is 324 g/mol. The number of hydrogen-bond donors (Lipinski definition) is 2. The lowest BCUT2D eigenvalue weighted by Gasteiger charge is -2.06. The molecule has 0 aliphatic carbocycles. The Morgan fingerprint density at radius 3 is 2.62 bits per heavy atom. The summed E-state index contributed by atoms with van der Waals surface area (Å²) in [5, 5.41) is 17.9. The minimum absolute atomic E-state index is 0.168. The van der Waals surface area contributed by atoms with E-state index in [9.17, 15) is 13.6 Å². The van der Waals surface area contributed by atoms with E-state index in [1.807, 2.05) is 0 Å². The molecule has 0 unspecified atom stereocenters. The fourth-order valence-electron chi connectivity index (χ4n) is 2.18. The quantitative estimate of drug-likeness (QED) is 0.774. The number of nitrogens with zero attached hydrogens (tertiary/aromatic N) is 2. The number of anilines is 1. The maximum absolute atomic E-state index is 13.3. The Kier molecular flexibility index (Phi) is 4.03. The first-order valence-corrected chi connectivity index (χ1v) is 6.89. The standard InChI is InChI=1S/C17H10F2N4O/c18-12-3-1-10(2-4-12)16-14(9-21-23-16)17(24)22-13-5-6-15(19)11(7-13)8-20/h1-7,9H,(H,21,23)(H,22,24). The van der Waals surface area contributed by atoms with Gasteiger partial charge in [-0.25, -0.2) is 8.78 Å². The molecule has 2 N–H and O–H groups in total. The molecule has 1 aromatic heterocycles. The van der Waals surface area contributed by atoms with Gasteiger partial charge in [0.15, 0.2) is 0 Å². The Morgan fingerprint density at radius 1 is 1.17 bits per heavy atom. The van der Waals surface area contributed by atoms with Crippen molar-refractivity contribution in [2.45, 2.75) is 0 Å². The number of nitrogens with one attached hydrogen (secondary N) is 2. The summed E-state index contributed by atoms with van der Waals surface area (Å²) in [5.41, 5.74) is 1.37. The molecule has 0 aliphatic rings. The summed E-state index contributed by atoms with van der Waals surface area (Å²) in [6, 6.07) is 11.0. The summed E-state index contributed by atoms with van der Waals surface area (Å²) in [5.74, 6) is -1.54. The van der Waals surface area contributed by atoms with Crippen LogP contribution in [0.3, 0.4) is 0 Å². The molecule has 3 aromatic rings. The Morgan fingerprint density at radius 2 is 1.92 bits per heavy atom. The molecule has 0 atom stereocenters. The number of nitriles is 1. The largest absolute Gasteiger partial charge is 0.322 e. The van der Waals surface area contributed by atoms with E-state index in [4.69, 9.17) is 5.26 Å². The first-order chi connectivity index (χ1) is 11.6. The highest BCUT2D eigenvalue weighted by Gasteiger charge is 2.16. The van der Waals surface area contributed by atoms with E-state index < -0.39 is 11.7 Å². The minimum atomic E-state index is -0.661. The Balaban J connectivity index is 1.88. The molecule has 5 nitrogen and oxygen atoms in total. The highest BCUT2D eigenvalue weighted by Crippen LogP contribution is 2.23. The van der Waals surface area contributed by atoms with E-state index in [2.05, 4.69) is 15.5 Å². The SMILES string of the molecule is N#Cc1cc(NC(=O)c2cn[nH]c2-c2ccc(F)cc2)ccc1F. The molecule has 24 heavy (non-hydrogen) atoms. The summed E-state index contributed by atoms with van der Waals surface area (Å²) in [6.45, 7) is 0. The van der Waals surface area contributed by atoms with Crippen molar-refractivity contribution in [2.75, 3.05) is 5.32 Å². The molecule has 0 saturated carbocycles. The lowest BCUT2D eigenvalue weighted by Crippen LogP contribution is -2.12. The molecular weight excluding hydrogens is 314 g/mol. The molecule has 0 bridgehead atoms. The van der Waals surface area contributed by atoms with Crippen LogP contribution in [0.15, 0.2) is 48.7 Å². The third kappa shape index (κ3) is 2.98. The van der Waals surface area contributed by atoms with E-state index in [0.29, 0.717) is 11.3 Å². The van der Waals surface area contributed by atoms with Gasteiger partial charge in [-0.15, -0.1) is 0 Å². The van der Waals surface area contributed by atoms with E-state index in [1.165, 1.54) is 42.6 Å². The molecule has 1 amide bonds. The lowest BCUT2D eigenvalue weighted by molar-refractivity contribution is 0.102. The molecular formula is C17H10F2N4O. The second kappa shape index (κ2) is 6.30. The van der Waals surface area contributed by atoms with Gasteiger partial charge in [-0.2, -0.15) is 10.4 Å². The Labute approximate surface area is 135 Å². The number of aromatic nitrogens is 2. The first kappa shape index (κ1) is 15.4. The Bertz CT molecular complexity index is 942. The number of carbonyl (C=O) groups excluding carboxylic acids is 1. The number of benzene rings is 2. The third-order valence-electron chi connectivity index (χ3n) is 3.36. The highest BCUT2D eigenvalue weighted by atomic mass is 19.1. The van der Waals surface area contributed by atoms with E-state index in [-0.39, 0.29) is 22.6 Å². The Hall–Kier alpha value is -3.53. The number of halogens is 2. The van der Waals surface area contributed by atoms with Crippen molar-refractivity contribution < 1.29 is 13.6 Å². The zero-order chi connectivity index (χ0) is 17.1. The molecule has 0 aliphatic heterocycles. The van der Waals surface area contributed by atoms with Gasteiger partial charge >= 0.3 is 0 Å². The number of aromatic amines is 1. The second-order valence-corrected chi connectivity index (χ2v) is 4.93. The number of carbonyl (C=O) groups is 1. The van der Waals surface area contributed by atoms with Crippen molar-refractivity contribution >= 4 is 11.6 Å². The van der Waals surface area contributed by atoms with E-state index in [1.54, 1.807) is 6.07 Å². The zero-order valence-corrected chi connectivity index (χ0v) is 12.2. The van der Waals surface area contributed by atoms with Crippen LogP contribution in [0, 0.1) is 23.0 Å². The second-order valence-electron chi connectivity index (χ2n) is 4.93. The smallest absolute Gasteiger partial charge is 0.259 e. The number of hydrogen-bond acceptors (Lipinski definition) is 3. The molecule has 0 spiro atoms. The van der Waals surface area contributed by atoms with Crippen molar-refractivity contribution in [3.8, 4) is 17.3 Å². The topological polar surface area (TPSA) is 81.6 Å². The van der Waals surface area contributed by atoms with Crippen LogP contribution in [0.2, 0.25) is 0 Å². The molecule has 118 valence electrons. The van der Waals surface area contributed by atoms with Gasteiger partial charge in [0, 0.05) is 11.3 Å². The maximum Gasteiger partial charge on any atom is 0.259 e. The van der Waals surface area contributed by atoms with Gasteiger partial charge in [0.1, 0.15) is 17.7 Å².